The summed E-state index contributed by atoms with van der Waals surface area (Å²) >= 11 is 0. The van der Waals surface area contributed by atoms with Crippen molar-refractivity contribution >= 4 is 11.8 Å². The number of hydroxylamine groups is 2. The van der Waals surface area contributed by atoms with Gasteiger partial charge in [-0.15, -0.1) is 0 Å². The van der Waals surface area contributed by atoms with Gasteiger partial charge in [0.05, 0.1) is 17.9 Å². The number of nitrogens with two attached hydrogens (primary N) is 2. The first kappa shape index (κ1) is 22.2. The first-order valence-electron chi connectivity index (χ1n) is 9.96. The van der Waals surface area contributed by atoms with Gasteiger partial charge >= 0.3 is 0 Å². The number of aryl methyl sites for hydroxylation is 2. The smallest absolute Gasteiger partial charge is 0.263 e. The molecule has 2 atom stereocenters. The number of nitrogens with one attached hydrogen (secondary N) is 1. The number of imidazole rings is 1. The van der Waals surface area contributed by atoms with Gasteiger partial charge in [-0.3, -0.25) is 14.8 Å². The lowest BCUT2D eigenvalue weighted by Gasteiger charge is -2.25. The topological polar surface area (TPSA) is 138 Å². The van der Waals surface area contributed by atoms with Gasteiger partial charge in [-0.2, -0.15) is 0 Å². The molecular weight excluding hydrogens is 394 g/mol. The van der Waals surface area contributed by atoms with Crippen LogP contribution in [0.25, 0.3) is 11.3 Å². The van der Waals surface area contributed by atoms with Crippen molar-refractivity contribution in [3.05, 3.63) is 76.7 Å². The van der Waals surface area contributed by atoms with Gasteiger partial charge in [0.25, 0.3) is 5.91 Å². The van der Waals surface area contributed by atoms with Gasteiger partial charge in [-0.05, 0) is 61.6 Å². The molecule has 0 bridgehead atoms. The molecule has 0 saturated carbocycles. The molecule has 1 heterocycles. The molecule has 2 aromatic carbocycles. The first-order chi connectivity index (χ1) is 14.7. The first-order valence-corrected chi connectivity index (χ1v) is 9.96. The molecule has 3 rings (SSSR count). The highest BCUT2D eigenvalue weighted by Crippen LogP contribution is 2.23. The summed E-state index contributed by atoms with van der Waals surface area (Å²) in [7, 11) is 0. The highest BCUT2D eigenvalue weighted by atomic mass is 16.5. The van der Waals surface area contributed by atoms with E-state index in [4.69, 9.17) is 11.5 Å². The van der Waals surface area contributed by atoms with Crippen LogP contribution in [-0.4, -0.2) is 38.1 Å². The van der Waals surface area contributed by atoms with Gasteiger partial charge in [0, 0.05) is 5.56 Å². The minimum Gasteiger partial charge on any atom is -0.366 e. The molecular formula is C23H27N5O3. The van der Waals surface area contributed by atoms with Crippen LogP contribution < -0.4 is 11.5 Å². The molecule has 0 aliphatic carbocycles. The average molecular weight is 422 g/mol. The lowest BCUT2D eigenvalue weighted by Crippen LogP contribution is -2.44. The van der Waals surface area contributed by atoms with E-state index in [1.165, 1.54) is 0 Å². The minimum atomic E-state index is -0.965. The fourth-order valence-corrected chi connectivity index (χ4v) is 3.55. The van der Waals surface area contributed by atoms with Crippen LogP contribution in [-0.2, 0) is 11.2 Å². The van der Waals surface area contributed by atoms with Gasteiger partial charge in [-0.25, -0.2) is 10.0 Å². The Morgan fingerprint density at radius 1 is 1.16 bits per heavy atom. The number of benzene rings is 2. The fourth-order valence-electron chi connectivity index (χ4n) is 3.55. The Hall–Kier alpha value is -3.49. The number of primary amides is 1. The van der Waals surface area contributed by atoms with Crippen molar-refractivity contribution in [3.8, 4) is 11.3 Å². The van der Waals surface area contributed by atoms with Crippen molar-refractivity contribution < 1.29 is 14.8 Å². The third kappa shape index (κ3) is 4.82. The van der Waals surface area contributed by atoms with Crippen molar-refractivity contribution in [1.29, 1.82) is 0 Å². The number of carbonyl (C=O) groups is 2. The van der Waals surface area contributed by atoms with Gasteiger partial charge in [0.15, 0.2) is 0 Å². The Kier molecular flexibility index (Phi) is 6.53. The van der Waals surface area contributed by atoms with Crippen LogP contribution in [0.1, 0.15) is 45.8 Å². The number of hydrogen-bond acceptors (Lipinski definition) is 5. The maximum Gasteiger partial charge on any atom is 0.263 e. The summed E-state index contributed by atoms with van der Waals surface area (Å²) < 4.78 is 0. The van der Waals surface area contributed by atoms with Crippen molar-refractivity contribution in [1.82, 2.24) is 15.0 Å². The summed E-state index contributed by atoms with van der Waals surface area (Å²) in [4.78, 5) is 31.6. The number of nitrogens with zero attached hydrogens (tertiary/aromatic N) is 2. The van der Waals surface area contributed by atoms with Crippen molar-refractivity contribution in [2.75, 3.05) is 0 Å². The van der Waals surface area contributed by atoms with Gasteiger partial charge < -0.3 is 16.5 Å². The van der Waals surface area contributed by atoms with Crippen LogP contribution in [0.2, 0.25) is 0 Å². The van der Waals surface area contributed by atoms with Crippen LogP contribution in [0.4, 0.5) is 0 Å². The number of carbonyl (C=O) groups excluding carboxylic acids is 2. The molecule has 6 N–H and O–H groups in total. The number of H-pyrrole nitrogens is 1. The minimum absolute atomic E-state index is 0.215. The number of hydrogen-bond donors (Lipinski definition) is 4. The Morgan fingerprint density at radius 3 is 2.35 bits per heavy atom. The number of aromatic amines is 1. The highest BCUT2D eigenvalue weighted by Gasteiger charge is 2.28. The van der Waals surface area contributed by atoms with E-state index in [0.29, 0.717) is 16.5 Å². The van der Waals surface area contributed by atoms with Crippen molar-refractivity contribution in [2.45, 2.75) is 39.3 Å². The summed E-state index contributed by atoms with van der Waals surface area (Å²) in [6, 6.07) is 11.3. The second-order valence-electron chi connectivity index (χ2n) is 7.67. The van der Waals surface area contributed by atoms with E-state index < -0.39 is 23.9 Å². The third-order valence-corrected chi connectivity index (χ3v) is 5.39. The maximum absolute atomic E-state index is 12.8. The Bertz CT molecular complexity index is 1070. The van der Waals surface area contributed by atoms with E-state index in [0.717, 1.165) is 27.9 Å². The molecule has 162 valence electrons. The SMILES string of the molecule is Cc1cc(C(N)=O)cc(C)c1C[C@H](N)C(=O)N(O)[C@@H](C)c1ncc(-c2ccccc2)[nH]1. The van der Waals surface area contributed by atoms with Gasteiger partial charge in [0.1, 0.15) is 11.9 Å². The number of rotatable bonds is 7. The fraction of sp³-hybridized carbons (Fsp3) is 0.261. The molecule has 0 saturated heterocycles. The molecule has 1 aromatic heterocycles. The quantitative estimate of drug-likeness (QED) is 0.343. The molecule has 0 spiro atoms. The van der Waals surface area contributed by atoms with Gasteiger partial charge in [-0.1, -0.05) is 30.3 Å². The van der Waals surface area contributed by atoms with Crippen LogP contribution in [0.15, 0.2) is 48.7 Å². The van der Waals surface area contributed by atoms with Crippen molar-refractivity contribution in [2.24, 2.45) is 11.5 Å². The maximum atomic E-state index is 12.8. The molecule has 8 nitrogen and oxygen atoms in total. The molecule has 8 heteroatoms. The molecule has 2 amide bonds. The zero-order valence-electron chi connectivity index (χ0n) is 17.8. The molecule has 3 aromatic rings. The third-order valence-electron chi connectivity index (χ3n) is 5.39. The Balaban J connectivity index is 1.72. The van der Waals surface area contributed by atoms with E-state index in [1.54, 1.807) is 25.3 Å². The zero-order chi connectivity index (χ0) is 22.7. The van der Waals surface area contributed by atoms with E-state index in [-0.39, 0.29) is 6.42 Å². The van der Waals surface area contributed by atoms with E-state index in [2.05, 4.69) is 9.97 Å². The zero-order valence-corrected chi connectivity index (χ0v) is 17.8. The van der Waals surface area contributed by atoms with Crippen molar-refractivity contribution in [3.63, 3.8) is 0 Å². The predicted molar refractivity (Wildman–Crippen MR) is 117 cm³/mol. The summed E-state index contributed by atoms with van der Waals surface area (Å²) in [6.45, 7) is 5.33. The molecule has 0 aliphatic heterocycles. The molecule has 0 fully saturated rings. The number of aromatic nitrogens is 2. The Labute approximate surface area is 180 Å². The number of amides is 2. The molecule has 0 radical (unpaired) electrons. The summed E-state index contributed by atoms with van der Waals surface area (Å²) in [5, 5.41) is 11.1. The normalized spacial score (nSPS) is 12.9. The van der Waals surface area contributed by atoms with Crippen LogP contribution in [0.5, 0.6) is 0 Å². The van der Waals surface area contributed by atoms with Crippen LogP contribution in [0.3, 0.4) is 0 Å². The van der Waals surface area contributed by atoms with Gasteiger partial charge in [0.2, 0.25) is 5.91 Å². The predicted octanol–water partition coefficient (Wildman–Crippen LogP) is 2.64. The molecule has 0 aliphatic rings. The lowest BCUT2D eigenvalue weighted by atomic mass is 9.93. The van der Waals surface area contributed by atoms with Crippen LogP contribution in [0, 0.1) is 13.8 Å². The summed E-state index contributed by atoms with van der Waals surface area (Å²) in [5.41, 5.74) is 16.1. The standard InChI is InChI=1S/C23H27N5O3/c1-13-9-17(21(25)29)10-14(2)18(13)11-19(24)23(30)28(31)15(3)22-26-12-20(27-22)16-7-5-4-6-8-16/h4-10,12,15,19,31H,11,24H2,1-3H3,(H2,25,29)(H,26,27)/t15-,19-/m0/s1. The van der Waals surface area contributed by atoms with E-state index in [1.807, 2.05) is 44.2 Å². The highest BCUT2D eigenvalue weighted by molar-refractivity contribution is 5.93. The largest absolute Gasteiger partial charge is 0.366 e. The second kappa shape index (κ2) is 9.11. The molecule has 31 heavy (non-hydrogen) atoms. The second-order valence-corrected chi connectivity index (χ2v) is 7.67. The van der Waals surface area contributed by atoms with E-state index >= 15 is 0 Å². The van der Waals surface area contributed by atoms with E-state index in [9.17, 15) is 14.8 Å². The van der Waals surface area contributed by atoms with Crippen LogP contribution >= 0.6 is 0 Å². The monoisotopic (exact) mass is 421 g/mol. The Morgan fingerprint density at radius 2 is 1.77 bits per heavy atom. The molecule has 0 unspecified atom stereocenters. The average Bonchev–Trinajstić information content (AvgIpc) is 3.25. The lowest BCUT2D eigenvalue weighted by molar-refractivity contribution is -0.177. The summed E-state index contributed by atoms with van der Waals surface area (Å²) in [6.07, 6.45) is 1.87. The summed E-state index contributed by atoms with van der Waals surface area (Å²) in [5.74, 6) is -0.690.